The van der Waals surface area contributed by atoms with Crippen molar-refractivity contribution in [1.82, 2.24) is 0 Å². The van der Waals surface area contributed by atoms with Crippen molar-refractivity contribution in [3.63, 3.8) is 0 Å². The van der Waals surface area contributed by atoms with Gasteiger partial charge in [-0.2, -0.15) is 0 Å². The molecule has 0 aliphatic carbocycles. The topological polar surface area (TPSA) is 53.7 Å². The number of benzene rings is 1. The molecule has 1 aromatic rings. The van der Waals surface area contributed by atoms with Crippen molar-refractivity contribution in [2.24, 2.45) is 5.73 Å². The molecule has 1 aliphatic rings. The van der Waals surface area contributed by atoms with Gasteiger partial charge in [0.2, 0.25) is 0 Å². The van der Waals surface area contributed by atoms with Crippen molar-refractivity contribution in [2.45, 2.75) is 45.4 Å². The van der Waals surface area contributed by atoms with Crippen LogP contribution in [0.4, 0.5) is 0 Å². The van der Waals surface area contributed by atoms with Crippen molar-refractivity contribution >= 4 is 12.6 Å². The van der Waals surface area contributed by atoms with Gasteiger partial charge in [0.05, 0.1) is 18.3 Å². The van der Waals surface area contributed by atoms with Gasteiger partial charge in [0.1, 0.15) is 5.75 Å². The van der Waals surface area contributed by atoms with Crippen LogP contribution in [0.3, 0.4) is 0 Å². The zero-order valence-electron chi connectivity index (χ0n) is 12.3. The first kappa shape index (κ1) is 14.4. The largest absolute Gasteiger partial charge is 0.497 e. The highest BCUT2D eigenvalue weighted by molar-refractivity contribution is 6.62. The summed E-state index contributed by atoms with van der Waals surface area (Å²) in [6.45, 7) is 8.59. The summed E-state index contributed by atoms with van der Waals surface area (Å²) in [5.74, 6) is 0.792. The molecular formula is C14H22BNO3. The fourth-order valence-corrected chi connectivity index (χ4v) is 2.09. The predicted molar refractivity (Wildman–Crippen MR) is 76.6 cm³/mol. The molecule has 1 aliphatic heterocycles. The van der Waals surface area contributed by atoms with Gasteiger partial charge in [-0.25, -0.2) is 0 Å². The van der Waals surface area contributed by atoms with E-state index >= 15 is 0 Å². The molecule has 0 saturated carbocycles. The lowest BCUT2D eigenvalue weighted by Crippen LogP contribution is -2.41. The van der Waals surface area contributed by atoms with Crippen LogP contribution in [0.2, 0.25) is 0 Å². The van der Waals surface area contributed by atoms with E-state index in [1.807, 2.05) is 45.9 Å². The highest BCUT2D eigenvalue weighted by Gasteiger charge is 2.52. The fourth-order valence-electron chi connectivity index (χ4n) is 2.09. The Morgan fingerprint density at radius 2 is 1.74 bits per heavy atom. The van der Waals surface area contributed by atoms with E-state index in [0.29, 0.717) is 6.54 Å². The summed E-state index contributed by atoms with van der Waals surface area (Å²) in [4.78, 5) is 0. The maximum Gasteiger partial charge on any atom is 0.495 e. The first-order chi connectivity index (χ1) is 8.80. The third-order valence-electron chi connectivity index (χ3n) is 4.08. The predicted octanol–water partition coefficient (Wildman–Crippen LogP) is 1.45. The summed E-state index contributed by atoms with van der Waals surface area (Å²) in [5.41, 5.74) is 7.08. The Bertz CT molecular complexity index is 458. The Morgan fingerprint density at radius 3 is 2.21 bits per heavy atom. The first-order valence-corrected chi connectivity index (χ1v) is 6.53. The van der Waals surface area contributed by atoms with E-state index in [-0.39, 0.29) is 18.3 Å². The zero-order chi connectivity index (χ0) is 14.3. The van der Waals surface area contributed by atoms with Crippen LogP contribution in [0.25, 0.3) is 0 Å². The van der Waals surface area contributed by atoms with Crippen LogP contribution in [0.1, 0.15) is 33.3 Å². The number of ether oxygens (including phenoxy) is 1. The van der Waals surface area contributed by atoms with Gasteiger partial charge in [0, 0.05) is 6.54 Å². The maximum absolute atomic E-state index is 6.05. The number of hydrogen-bond donors (Lipinski definition) is 1. The van der Waals surface area contributed by atoms with E-state index in [1.54, 1.807) is 7.11 Å². The summed E-state index contributed by atoms with van der Waals surface area (Å²) >= 11 is 0. The molecule has 0 spiro atoms. The lowest BCUT2D eigenvalue weighted by molar-refractivity contribution is 0.00578. The molecule has 2 N–H and O–H groups in total. The molecule has 1 saturated heterocycles. The molecule has 0 unspecified atom stereocenters. The van der Waals surface area contributed by atoms with Crippen molar-refractivity contribution in [1.29, 1.82) is 0 Å². The average molecular weight is 263 g/mol. The minimum Gasteiger partial charge on any atom is -0.497 e. The lowest BCUT2D eigenvalue weighted by Gasteiger charge is -2.32. The van der Waals surface area contributed by atoms with Crippen molar-refractivity contribution in [3.8, 4) is 5.75 Å². The van der Waals surface area contributed by atoms with Crippen molar-refractivity contribution in [3.05, 3.63) is 23.8 Å². The van der Waals surface area contributed by atoms with Crippen LogP contribution < -0.4 is 15.9 Å². The summed E-state index contributed by atoms with van der Waals surface area (Å²) in [6, 6.07) is 5.79. The SMILES string of the molecule is COc1ccc(B2OC(C)(C)C(C)(C)O2)c(CN)c1. The normalized spacial score (nSPS) is 20.6. The molecule has 0 aromatic heterocycles. The zero-order valence-corrected chi connectivity index (χ0v) is 12.3. The van der Waals surface area contributed by atoms with Gasteiger partial charge < -0.3 is 19.8 Å². The van der Waals surface area contributed by atoms with Crippen LogP contribution in [0.5, 0.6) is 5.75 Å². The second-order valence-electron chi connectivity index (χ2n) is 5.86. The van der Waals surface area contributed by atoms with Gasteiger partial charge in [-0.1, -0.05) is 6.07 Å². The van der Waals surface area contributed by atoms with Crippen LogP contribution in [-0.4, -0.2) is 25.4 Å². The minimum atomic E-state index is -0.380. The van der Waals surface area contributed by atoms with Crippen LogP contribution in [0.15, 0.2) is 18.2 Å². The Morgan fingerprint density at radius 1 is 1.16 bits per heavy atom. The van der Waals surface area contributed by atoms with E-state index in [1.165, 1.54) is 0 Å². The van der Waals surface area contributed by atoms with Crippen LogP contribution in [0, 0.1) is 0 Å². The van der Waals surface area contributed by atoms with Gasteiger partial charge in [-0.3, -0.25) is 0 Å². The van der Waals surface area contributed by atoms with Gasteiger partial charge in [-0.05, 0) is 50.9 Å². The highest BCUT2D eigenvalue weighted by Crippen LogP contribution is 2.36. The van der Waals surface area contributed by atoms with E-state index in [4.69, 9.17) is 19.8 Å². The quantitative estimate of drug-likeness (QED) is 0.839. The second-order valence-corrected chi connectivity index (χ2v) is 5.86. The second kappa shape index (κ2) is 4.82. The Balaban J connectivity index is 2.34. The maximum atomic E-state index is 6.05. The molecule has 1 aromatic carbocycles. The number of nitrogens with two attached hydrogens (primary N) is 1. The van der Waals surface area contributed by atoms with E-state index < -0.39 is 0 Å². The summed E-state index contributed by atoms with van der Waals surface area (Å²) < 4.78 is 17.3. The average Bonchev–Trinajstić information content (AvgIpc) is 2.57. The monoisotopic (exact) mass is 263 g/mol. The molecule has 5 heteroatoms. The Labute approximate surface area is 115 Å². The van der Waals surface area contributed by atoms with E-state index in [9.17, 15) is 0 Å². The number of rotatable bonds is 3. The molecule has 0 radical (unpaired) electrons. The standard InChI is InChI=1S/C14H22BNO3/c1-13(2)14(3,4)19-15(18-13)12-7-6-11(17-5)8-10(12)9-16/h6-8H,9,16H2,1-5H3. The molecule has 19 heavy (non-hydrogen) atoms. The van der Waals surface area contributed by atoms with Crippen molar-refractivity contribution in [2.75, 3.05) is 7.11 Å². The molecule has 2 rings (SSSR count). The summed E-state index contributed by atoms with van der Waals surface area (Å²) in [5, 5.41) is 0. The summed E-state index contributed by atoms with van der Waals surface area (Å²) in [7, 11) is 1.26. The van der Waals surface area contributed by atoms with Crippen LogP contribution >= 0.6 is 0 Å². The van der Waals surface area contributed by atoms with Gasteiger partial charge in [0.25, 0.3) is 0 Å². The van der Waals surface area contributed by atoms with Crippen LogP contribution in [-0.2, 0) is 15.9 Å². The lowest BCUT2D eigenvalue weighted by atomic mass is 9.76. The van der Waals surface area contributed by atoms with E-state index in [0.717, 1.165) is 16.8 Å². The van der Waals surface area contributed by atoms with E-state index in [2.05, 4.69) is 0 Å². The molecule has 0 atom stereocenters. The fraction of sp³-hybridized carbons (Fsp3) is 0.571. The highest BCUT2D eigenvalue weighted by atomic mass is 16.7. The smallest absolute Gasteiger partial charge is 0.495 e. The van der Waals surface area contributed by atoms with Crippen molar-refractivity contribution < 1.29 is 14.0 Å². The molecule has 1 fully saturated rings. The first-order valence-electron chi connectivity index (χ1n) is 6.53. The number of hydrogen-bond acceptors (Lipinski definition) is 4. The number of methoxy groups -OCH3 is 1. The molecule has 0 bridgehead atoms. The van der Waals surface area contributed by atoms with Gasteiger partial charge in [-0.15, -0.1) is 0 Å². The third-order valence-corrected chi connectivity index (χ3v) is 4.08. The molecule has 0 amide bonds. The third kappa shape index (κ3) is 2.50. The molecule has 4 nitrogen and oxygen atoms in total. The minimum absolute atomic E-state index is 0.344. The Hall–Kier alpha value is -1.04. The molecule has 1 heterocycles. The van der Waals surface area contributed by atoms with Gasteiger partial charge in [0.15, 0.2) is 0 Å². The molecular weight excluding hydrogens is 241 g/mol. The molecule has 104 valence electrons. The van der Waals surface area contributed by atoms with Gasteiger partial charge >= 0.3 is 7.12 Å². The Kier molecular flexibility index (Phi) is 3.64. The summed E-state index contributed by atoms with van der Waals surface area (Å²) in [6.07, 6.45) is 0.